The minimum Gasteiger partial charge on any atom is -0.756 e. The van der Waals surface area contributed by atoms with Crippen LogP contribution in [0.3, 0.4) is 0 Å². The Morgan fingerprint density at radius 1 is 0.432 bits per heavy atom. The number of carbonyl (C=O) groups excluding carboxylic acids is 2. The molecule has 0 radical (unpaired) electrons. The minimum atomic E-state index is -4.64. The number of hydrogen-bond donors (Lipinski definition) is 0. The first kappa shape index (κ1) is 71.7. The highest BCUT2D eigenvalue weighted by atomic mass is 31.2. The molecule has 9 nitrogen and oxygen atoms in total. The Bertz CT molecular complexity index is 1430. The molecule has 2 atom stereocenters. The summed E-state index contributed by atoms with van der Waals surface area (Å²) in [6, 6.07) is 0. The molecule has 0 spiro atoms. The molecule has 0 amide bonds. The van der Waals surface area contributed by atoms with E-state index in [4.69, 9.17) is 18.5 Å². The van der Waals surface area contributed by atoms with E-state index >= 15 is 0 Å². The maximum Gasteiger partial charge on any atom is 0.306 e. The van der Waals surface area contributed by atoms with Crippen LogP contribution in [0.25, 0.3) is 0 Å². The fraction of sp³-hybridized carbons (Fsp3) is 0.812. The van der Waals surface area contributed by atoms with Crippen LogP contribution in [0.5, 0.6) is 0 Å². The van der Waals surface area contributed by atoms with Gasteiger partial charge in [0.05, 0.1) is 27.7 Å². The molecule has 74 heavy (non-hydrogen) atoms. The standard InChI is InChI=1S/C64H118NO8P/c1-6-8-10-12-14-16-18-20-22-24-26-28-30-32-34-36-38-40-42-44-46-48-50-52-54-56-63(66)70-60-62(61-72-74(68,69)71-59-58-65(3,4)5)73-64(67)57-55-53-51-49-47-45-43-41-39-37-35-33-31-29-27-25-23-21-19-17-15-13-11-9-7-2/h9,11,15,17,21,23-24,26-27,29,62H,6-8,10,12-14,16,18-20,22,25,28,30-61H2,1-5H3/b11-9-,17-15-,23-21-,26-24-,29-27-. The molecule has 0 aliphatic rings. The van der Waals surface area contributed by atoms with Gasteiger partial charge in [0.2, 0.25) is 0 Å². The summed E-state index contributed by atoms with van der Waals surface area (Å²) in [5.74, 6) is -0.826. The van der Waals surface area contributed by atoms with Gasteiger partial charge >= 0.3 is 11.9 Å². The molecular weight excluding hydrogens is 942 g/mol. The monoisotopic (exact) mass is 1060 g/mol. The lowest BCUT2D eigenvalue weighted by molar-refractivity contribution is -0.870. The summed E-state index contributed by atoms with van der Waals surface area (Å²) in [5, 5.41) is 0. The third kappa shape index (κ3) is 59.0. The van der Waals surface area contributed by atoms with E-state index < -0.39 is 26.5 Å². The van der Waals surface area contributed by atoms with Gasteiger partial charge in [-0.05, 0) is 77.0 Å². The Morgan fingerprint density at radius 2 is 0.770 bits per heavy atom. The summed E-state index contributed by atoms with van der Waals surface area (Å²) in [7, 11) is 1.17. The van der Waals surface area contributed by atoms with Crippen LogP contribution in [0.4, 0.5) is 0 Å². The third-order valence-electron chi connectivity index (χ3n) is 13.5. The molecule has 2 unspecified atom stereocenters. The normalized spacial score (nSPS) is 13.6. The van der Waals surface area contributed by atoms with Crippen molar-refractivity contribution in [2.75, 3.05) is 47.5 Å². The second-order valence-electron chi connectivity index (χ2n) is 22.0. The van der Waals surface area contributed by atoms with Crippen molar-refractivity contribution in [3.05, 3.63) is 60.8 Å². The molecule has 0 aliphatic heterocycles. The summed E-state index contributed by atoms with van der Waals surface area (Å²) in [6.07, 6.45) is 71.3. The lowest BCUT2D eigenvalue weighted by atomic mass is 10.0. The number of likely N-dealkylation sites (N-methyl/N-ethyl adjacent to an activating group) is 1. The Kier molecular flexibility index (Phi) is 53.7. The highest BCUT2D eigenvalue weighted by Crippen LogP contribution is 2.38. The van der Waals surface area contributed by atoms with Crippen LogP contribution in [0, 0.1) is 0 Å². The van der Waals surface area contributed by atoms with Crippen molar-refractivity contribution in [1.82, 2.24) is 0 Å². The average Bonchev–Trinajstić information content (AvgIpc) is 3.36. The molecule has 0 aromatic heterocycles. The van der Waals surface area contributed by atoms with Crippen LogP contribution in [0.1, 0.15) is 284 Å². The quantitative estimate of drug-likeness (QED) is 0.0195. The number of carbonyl (C=O) groups is 2. The SMILES string of the molecule is CC/C=C\C/C=C\C/C=C\C/C=C\CCCCCCCCCCCCCCC(=O)OC(COC(=O)CCCCCCCCCCCCCCC/C=C\CCCCCCCCCC)COP(=O)([O-])OCC[N+](C)(C)C. The number of ether oxygens (including phenoxy) is 2. The van der Waals surface area contributed by atoms with Crippen molar-refractivity contribution in [3.63, 3.8) is 0 Å². The van der Waals surface area contributed by atoms with Gasteiger partial charge < -0.3 is 27.9 Å². The lowest BCUT2D eigenvalue weighted by Crippen LogP contribution is -2.37. The van der Waals surface area contributed by atoms with Crippen molar-refractivity contribution in [2.45, 2.75) is 290 Å². The zero-order chi connectivity index (χ0) is 54.2. The van der Waals surface area contributed by atoms with Gasteiger partial charge in [-0.2, -0.15) is 0 Å². The van der Waals surface area contributed by atoms with E-state index in [2.05, 4.69) is 74.6 Å². The number of phosphoric ester groups is 1. The predicted octanol–water partition coefficient (Wildman–Crippen LogP) is 18.9. The van der Waals surface area contributed by atoms with Gasteiger partial charge in [0, 0.05) is 12.8 Å². The summed E-state index contributed by atoms with van der Waals surface area (Å²) in [5.41, 5.74) is 0. The van der Waals surface area contributed by atoms with Crippen LogP contribution in [-0.2, 0) is 32.7 Å². The topological polar surface area (TPSA) is 111 Å². The zero-order valence-corrected chi connectivity index (χ0v) is 49.9. The van der Waals surface area contributed by atoms with Crippen LogP contribution in [-0.4, -0.2) is 70.0 Å². The van der Waals surface area contributed by atoms with E-state index in [1.807, 2.05) is 21.1 Å². The predicted molar refractivity (Wildman–Crippen MR) is 314 cm³/mol. The first-order valence-electron chi connectivity index (χ1n) is 31.0. The van der Waals surface area contributed by atoms with Gasteiger partial charge in [0.1, 0.15) is 19.8 Å². The number of unbranched alkanes of at least 4 members (excludes halogenated alkanes) is 33. The highest BCUT2D eigenvalue weighted by molar-refractivity contribution is 7.45. The molecule has 0 heterocycles. The van der Waals surface area contributed by atoms with Gasteiger partial charge in [0.25, 0.3) is 7.82 Å². The highest BCUT2D eigenvalue weighted by Gasteiger charge is 2.22. The number of nitrogens with zero attached hydrogens (tertiary/aromatic N) is 1. The second-order valence-corrected chi connectivity index (χ2v) is 23.4. The molecule has 0 rings (SSSR count). The van der Waals surface area contributed by atoms with E-state index in [1.54, 1.807) is 0 Å². The van der Waals surface area contributed by atoms with Crippen molar-refractivity contribution < 1.29 is 42.1 Å². The number of esters is 2. The Morgan fingerprint density at radius 3 is 1.16 bits per heavy atom. The summed E-state index contributed by atoms with van der Waals surface area (Å²) in [4.78, 5) is 37.9. The van der Waals surface area contributed by atoms with Crippen LogP contribution < -0.4 is 4.89 Å². The van der Waals surface area contributed by atoms with Gasteiger partial charge in [0.15, 0.2) is 6.10 Å². The molecule has 0 aromatic rings. The van der Waals surface area contributed by atoms with Crippen molar-refractivity contribution in [1.29, 1.82) is 0 Å². The maximum atomic E-state index is 12.8. The lowest BCUT2D eigenvalue weighted by Gasteiger charge is -2.28. The summed E-state index contributed by atoms with van der Waals surface area (Å²) >= 11 is 0. The van der Waals surface area contributed by atoms with E-state index in [9.17, 15) is 19.0 Å². The number of hydrogen-bond acceptors (Lipinski definition) is 8. The Balaban J connectivity index is 4.11. The van der Waals surface area contributed by atoms with Crippen molar-refractivity contribution in [3.8, 4) is 0 Å². The first-order chi connectivity index (χ1) is 36.0. The fourth-order valence-corrected chi connectivity index (χ4v) is 9.49. The molecule has 0 bridgehead atoms. The number of phosphoric acid groups is 1. The summed E-state index contributed by atoms with van der Waals surface area (Å²) in [6.45, 7) is 4.16. The molecule has 0 aromatic carbocycles. The van der Waals surface area contributed by atoms with E-state index in [0.29, 0.717) is 17.4 Å². The van der Waals surface area contributed by atoms with E-state index in [0.717, 1.165) is 64.2 Å². The summed E-state index contributed by atoms with van der Waals surface area (Å²) < 4.78 is 34.2. The van der Waals surface area contributed by atoms with Crippen LogP contribution >= 0.6 is 7.82 Å². The average molecular weight is 1060 g/mol. The molecule has 0 saturated carbocycles. The third-order valence-corrected chi connectivity index (χ3v) is 14.5. The molecule has 0 fully saturated rings. The smallest absolute Gasteiger partial charge is 0.306 e. The van der Waals surface area contributed by atoms with Crippen LogP contribution in [0.15, 0.2) is 60.8 Å². The molecule has 10 heteroatoms. The Hall–Kier alpha value is -2.29. The molecule has 0 saturated heterocycles. The number of quaternary nitrogens is 1. The Labute approximate surface area is 457 Å². The van der Waals surface area contributed by atoms with E-state index in [1.165, 1.54) is 186 Å². The number of allylic oxidation sites excluding steroid dienone is 10. The molecule has 432 valence electrons. The molecular formula is C64H118NO8P. The van der Waals surface area contributed by atoms with Gasteiger partial charge in [-0.15, -0.1) is 0 Å². The van der Waals surface area contributed by atoms with Crippen LogP contribution in [0.2, 0.25) is 0 Å². The maximum absolute atomic E-state index is 12.8. The second kappa shape index (κ2) is 55.5. The van der Waals surface area contributed by atoms with Crippen molar-refractivity contribution >= 4 is 19.8 Å². The molecule has 0 aliphatic carbocycles. The first-order valence-corrected chi connectivity index (χ1v) is 32.5. The molecule has 0 N–H and O–H groups in total. The van der Waals surface area contributed by atoms with Crippen molar-refractivity contribution in [2.24, 2.45) is 0 Å². The van der Waals surface area contributed by atoms with Gasteiger partial charge in [-0.25, -0.2) is 0 Å². The fourth-order valence-electron chi connectivity index (χ4n) is 8.76. The minimum absolute atomic E-state index is 0.0318. The largest absolute Gasteiger partial charge is 0.756 e. The number of rotatable bonds is 57. The zero-order valence-electron chi connectivity index (χ0n) is 49.0. The van der Waals surface area contributed by atoms with Gasteiger partial charge in [-0.1, -0.05) is 254 Å². The van der Waals surface area contributed by atoms with Gasteiger partial charge in [-0.3, -0.25) is 14.2 Å². The van der Waals surface area contributed by atoms with E-state index in [-0.39, 0.29) is 32.0 Å².